The standard InChI is InChI=1S/C13H20N4O4/c1-5-6-9-7-17(11(20)21-12(2,3)4)8-13(9,10(18)19)15-16-14/h5,9H,1,6-8H2,2-4H3,(H,18,19)/t9?,13-/m0/s1. The van der Waals surface area contributed by atoms with Crippen LogP contribution in [-0.4, -0.2) is 46.3 Å². The lowest BCUT2D eigenvalue weighted by molar-refractivity contribution is -0.144. The minimum Gasteiger partial charge on any atom is -0.481 e. The van der Waals surface area contributed by atoms with E-state index < -0.39 is 29.1 Å². The average Bonchev–Trinajstić information content (AvgIpc) is 2.69. The van der Waals surface area contributed by atoms with Crippen LogP contribution >= 0.6 is 0 Å². The summed E-state index contributed by atoms with van der Waals surface area (Å²) in [4.78, 5) is 27.6. The van der Waals surface area contributed by atoms with Gasteiger partial charge in [0.1, 0.15) is 5.60 Å². The summed E-state index contributed by atoms with van der Waals surface area (Å²) in [5.41, 5.74) is 6.31. The van der Waals surface area contributed by atoms with Gasteiger partial charge in [0, 0.05) is 23.9 Å². The van der Waals surface area contributed by atoms with Gasteiger partial charge in [0.25, 0.3) is 0 Å². The Hall–Kier alpha value is -2.21. The Bertz CT molecular complexity index is 489. The number of carbonyl (C=O) groups is 2. The first-order valence-corrected chi connectivity index (χ1v) is 6.54. The highest BCUT2D eigenvalue weighted by Gasteiger charge is 2.53. The van der Waals surface area contributed by atoms with Crippen LogP contribution < -0.4 is 0 Å². The van der Waals surface area contributed by atoms with Crippen molar-refractivity contribution in [2.45, 2.75) is 38.3 Å². The predicted octanol–water partition coefficient (Wildman–Crippen LogP) is 2.56. The van der Waals surface area contributed by atoms with E-state index in [4.69, 9.17) is 10.3 Å². The van der Waals surface area contributed by atoms with Gasteiger partial charge in [-0.3, -0.25) is 4.79 Å². The number of aliphatic carboxylic acids is 1. The van der Waals surface area contributed by atoms with Crippen LogP contribution in [-0.2, 0) is 9.53 Å². The predicted molar refractivity (Wildman–Crippen MR) is 75.6 cm³/mol. The molecule has 2 atom stereocenters. The number of ether oxygens (including phenoxy) is 1. The van der Waals surface area contributed by atoms with Crippen LogP contribution in [0.3, 0.4) is 0 Å². The highest BCUT2D eigenvalue weighted by atomic mass is 16.6. The third kappa shape index (κ3) is 3.66. The van der Waals surface area contributed by atoms with E-state index in [0.717, 1.165) is 0 Å². The van der Waals surface area contributed by atoms with E-state index in [1.54, 1.807) is 26.8 Å². The molecule has 21 heavy (non-hydrogen) atoms. The molecule has 1 aliphatic heterocycles. The molecule has 8 nitrogen and oxygen atoms in total. The van der Waals surface area contributed by atoms with Crippen molar-refractivity contribution in [2.24, 2.45) is 11.0 Å². The van der Waals surface area contributed by atoms with Gasteiger partial charge in [-0.05, 0) is 32.7 Å². The fraction of sp³-hybridized carbons (Fsp3) is 0.692. The first-order chi connectivity index (χ1) is 9.66. The molecular formula is C13H20N4O4. The fourth-order valence-corrected chi connectivity index (χ4v) is 2.32. The summed E-state index contributed by atoms with van der Waals surface area (Å²) < 4.78 is 5.23. The largest absolute Gasteiger partial charge is 0.481 e. The smallest absolute Gasteiger partial charge is 0.410 e. The molecule has 0 radical (unpaired) electrons. The molecule has 1 heterocycles. The van der Waals surface area contributed by atoms with Gasteiger partial charge in [0.15, 0.2) is 5.54 Å². The van der Waals surface area contributed by atoms with Crippen molar-refractivity contribution in [3.63, 3.8) is 0 Å². The second-order valence-corrected chi connectivity index (χ2v) is 6.00. The maximum absolute atomic E-state index is 12.1. The molecule has 1 amide bonds. The molecule has 0 spiro atoms. The summed E-state index contributed by atoms with van der Waals surface area (Å²) >= 11 is 0. The molecule has 0 aromatic carbocycles. The number of rotatable bonds is 4. The zero-order valence-electron chi connectivity index (χ0n) is 12.4. The molecule has 0 aromatic rings. The lowest BCUT2D eigenvalue weighted by atomic mass is 9.85. The van der Waals surface area contributed by atoms with Gasteiger partial charge in [0.2, 0.25) is 0 Å². The lowest BCUT2D eigenvalue weighted by Gasteiger charge is -2.25. The summed E-state index contributed by atoms with van der Waals surface area (Å²) in [5.74, 6) is -1.78. The van der Waals surface area contributed by atoms with Gasteiger partial charge in [-0.1, -0.05) is 11.2 Å². The van der Waals surface area contributed by atoms with Gasteiger partial charge in [-0.2, -0.15) is 0 Å². The normalized spacial score (nSPS) is 25.1. The number of amides is 1. The number of hydrogen-bond donors (Lipinski definition) is 1. The first kappa shape index (κ1) is 16.8. The Balaban J connectivity index is 3.06. The van der Waals surface area contributed by atoms with Gasteiger partial charge < -0.3 is 14.7 Å². The molecule has 116 valence electrons. The SMILES string of the molecule is C=CCC1CN(C(=O)OC(C)(C)C)C[C@@]1(N=[N+]=[N-])C(=O)O. The van der Waals surface area contributed by atoms with Gasteiger partial charge in [-0.15, -0.1) is 6.58 Å². The second-order valence-electron chi connectivity index (χ2n) is 6.00. The molecule has 1 unspecified atom stereocenters. The monoisotopic (exact) mass is 296 g/mol. The van der Waals surface area contributed by atoms with Crippen molar-refractivity contribution in [1.29, 1.82) is 0 Å². The van der Waals surface area contributed by atoms with Crippen molar-refractivity contribution < 1.29 is 19.4 Å². The molecule has 1 saturated heterocycles. The topological polar surface area (TPSA) is 116 Å². The van der Waals surface area contributed by atoms with Crippen molar-refractivity contribution >= 4 is 12.1 Å². The molecule has 1 fully saturated rings. The Labute approximate surface area is 123 Å². The van der Waals surface area contributed by atoms with Crippen molar-refractivity contribution in [1.82, 2.24) is 4.90 Å². The molecule has 0 saturated carbocycles. The minimum atomic E-state index is -1.68. The Morgan fingerprint density at radius 1 is 1.62 bits per heavy atom. The minimum absolute atomic E-state index is 0.145. The van der Waals surface area contributed by atoms with Crippen molar-refractivity contribution in [3.05, 3.63) is 23.1 Å². The van der Waals surface area contributed by atoms with Gasteiger partial charge >= 0.3 is 12.1 Å². The Morgan fingerprint density at radius 2 is 2.24 bits per heavy atom. The number of allylic oxidation sites excluding steroid dienone is 1. The lowest BCUT2D eigenvalue weighted by Crippen LogP contribution is -2.45. The van der Waals surface area contributed by atoms with E-state index in [2.05, 4.69) is 16.6 Å². The third-order valence-electron chi connectivity index (χ3n) is 3.24. The molecule has 0 aromatic heterocycles. The number of likely N-dealkylation sites (tertiary alicyclic amines) is 1. The number of azide groups is 1. The number of carboxylic acids is 1. The fourth-order valence-electron chi connectivity index (χ4n) is 2.32. The average molecular weight is 296 g/mol. The number of hydrogen-bond acceptors (Lipinski definition) is 4. The highest BCUT2D eigenvalue weighted by Crippen LogP contribution is 2.35. The van der Waals surface area contributed by atoms with Crippen LogP contribution in [0.15, 0.2) is 17.8 Å². The van der Waals surface area contributed by atoms with E-state index in [0.29, 0.717) is 6.42 Å². The van der Waals surface area contributed by atoms with E-state index >= 15 is 0 Å². The number of carbonyl (C=O) groups excluding carboxylic acids is 1. The van der Waals surface area contributed by atoms with E-state index in [1.807, 2.05) is 0 Å². The van der Waals surface area contributed by atoms with Crippen LogP contribution in [0.25, 0.3) is 10.4 Å². The second kappa shape index (κ2) is 6.05. The zero-order chi connectivity index (χ0) is 16.3. The van der Waals surface area contributed by atoms with E-state index in [1.165, 1.54) is 4.90 Å². The van der Waals surface area contributed by atoms with Crippen molar-refractivity contribution in [2.75, 3.05) is 13.1 Å². The molecule has 1 aliphatic rings. The summed E-state index contributed by atoms with van der Waals surface area (Å²) in [7, 11) is 0. The quantitative estimate of drug-likeness (QED) is 0.371. The van der Waals surface area contributed by atoms with E-state index in [9.17, 15) is 14.7 Å². The Morgan fingerprint density at radius 3 is 2.67 bits per heavy atom. The number of carboxylic acid groups (broad SMARTS) is 1. The number of nitrogens with zero attached hydrogens (tertiary/aromatic N) is 4. The van der Waals surface area contributed by atoms with Crippen LogP contribution in [0.1, 0.15) is 27.2 Å². The van der Waals surface area contributed by atoms with Crippen LogP contribution in [0.4, 0.5) is 4.79 Å². The molecule has 0 aliphatic carbocycles. The van der Waals surface area contributed by atoms with Crippen LogP contribution in [0.2, 0.25) is 0 Å². The first-order valence-electron chi connectivity index (χ1n) is 6.54. The third-order valence-corrected chi connectivity index (χ3v) is 3.24. The van der Waals surface area contributed by atoms with Crippen LogP contribution in [0, 0.1) is 5.92 Å². The highest BCUT2D eigenvalue weighted by molar-refractivity contribution is 5.82. The molecule has 8 heteroatoms. The summed E-state index contributed by atoms with van der Waals surface area (Å²) in [6.45, 7) is 8.68. The maximum atomic E-state index is 12.1. The van der Waals surface area contributed by atoms with Crippen molar-refractivity contribution in [3.8, 4) is 0 Å². The summed E-state index contributed by atoms with van der Waals surface area (Å²) in [6, 6.07) is 0. The maximum Gasteiger partial charge on any atom is 0.410 e. The van der Waals surface area contributed by atoms with Gasteiger partial charge in [-0.25, -0.2) is 4.79 Å². The summed E-state index contributed by atoms with van der Waals surface area (Å²) in [6.07, 6.45) is 1.26. The Kier molecular flexibility index (Phi) is 4.85. The van der Waals surface area contributed by atoms with Gasteiger partial charge in [0.05, 0.1) is 0 Å². The summed E-state index contributed by atoms with van der Waals surface area (Å²) in [5, 5.41) is 12.9. The molecule has 0 bridgehead atoms. The molecular weight excluding hydrogens is 276 g/mol. The molecule has 1 N–H and O–H groups in total. The molecule has 1 rings (SSSR count). The van der Waals surface area contributed by atoms with E-state index in [-0.39, 0.29) is 13.1 Å². The zero-order valence-corrected chi connectivity index (χ0v) is 12.4. The van der Waals surface area contributed by atoms with Crippen LogP contribution in [0.5, 0.6) is 0 Å².